The van der Waals surface area contributed by atoms with Crippen LogP contribution < -0.4 is 5.32 Å². The van der Waals surface area contributed by atoms with Crippen molar-refractivity contribution in [2.75, 3.05) is 19.6 Å². The zero-order chi connectivity index (χ0) is 15.2. The minimum atomic E-state index is -0.159. The lowest BCUT2D eigenvalue weighted by Gasteiger charge is -2.33. The Kier molecular flexibility index (Phi) is 6.27. The Labute approximate surface area is 135 Å². The fourth-order valence-electron chi connectivity index (χ4n) is 2.62. The van der Waals surface area contributed by atoms with Crippen LogP contribution in [-0.2, 0) is 0 Å². The van der Waals surface area contributed by atoms with Gasteiger partial charge in [0.15, 0.2) is 0 Å². The predicted molar refractivity (Wildman–Crippen MR) is 86.1 cm³/mol. The zero-order valence-electron chi connectivity index (χ0n) is 12.2. The minimum Gasteiger partial charge on any atom is -0.352 e. The highest BCUT2D eigenvalue weighted by atomic mass is 35.5. The van der Waals surface area contributed by atoms with Crippen LogP contribution in [0.15, 0.2) is 12.3 Å². The monoisotopic (exact) mass is 329 g/mol. The van der Waals surface area contributed by atoms with Gasteiger partial charge in [-0.2, -0.15) is 0 Å². The number of amides is 1. The molecule has 0 aliphatic carbocycles. The van der Waals surface area contributed by atoms with Crippen LogP contribution in [-0.4, -0.2) is 41.5 Å². The molecule has 21 heavy (non-hydrogen) atoms. The van der Waals surface area contributed by atoms with Crippen LogP contribution in [0.25, 0.3) is 0 Å². The molecule has 1 aliphatic rings. The summed E-state index contributed by atoms with van der Waals surface area (Å²) in [4.78, 5) is 18.3. The molecular formula is C15H21Cl2N3O. The lowest BCUT2D eigenvalue weighted by atomic mass is 10.0. The van der Waals surface area contributed by atoms with E-state index >= 15 is 0 Å². The van der Waals surface area contributed by atoms with Crippen molar-refractivity contribution in [3.63, 3.8) is 0 Å². The highest BCUT2D eigenvalue weighted by molar-refractivity contribution is 6.41. The van der Waals surface area contributed by atoms with Crippen molar-refractivity contribution in [2.45, 2.75) is 38.6 Å². The van der Waals surface area contributed by atoms with Crippen LogP contribution in [0.4, 0.5) is 0 Å². The average Bonchev–Trinajstić information content (AvgIpc) is 2.48. The molecule has 1 N–H and O–H groups in total. The summed E-state index contributed by atoms with van der Waals surface area (Å²) in [6.07, 6.45) is 6.28. The third-order valence-corrected chi connectivity index (χ3v) is 4.59. The first-order valence-electron chi connectivity index (χ1n) is 7.41. The molecule has 1 aliphatic heterocycles. The Balaban J connectivity index is 1.72. The molecule has 1 saturated heterocycles. The topological polar surface area (TPSA) is 45.2 Å². The van der Waals surface area contributed by atoms with Gasteiger partial charge in [0.2, 0.25) is 0 Å². The van der Waals surface area contributed by atoms with Gasteiger partial charge >= 0.3 is 0 Å². The fourth-order valence-corrected chi connectivity index (χ4v) is 2.89. The van der Waals surface area contributed by atoms with Gasteiger partial charge in [0.1, 0.15) is 5.15 Å². The van der Waals surface area contributed by atoms with Gasteiger partial charge in [0.05, 0.1) is 10.6 Å². The molecule has 1 aromatic heterocycles. The molecular weight excluding hydrogens is 309 g/mol. The lowest BCUT2D eigenvalue weighted by molar-refractivity contribution is 0.0948. The minimum absolute atomic E-state index is 0.159. The van der Waals surface area contributed by atoms with E-state index in [0.717, 1.165) is 13.0 Å². The molecule has 1 atom stereocenters. The maximum absolute atomic E-state index is 12.0. The third kappa shape index (κ3) is 4.83. The van der Waals surface area contributed by atoms with Gasteiger partial charge in [0.25, 0.3) is 5.91 Å². The number of nitrogens with zero attached hydrogens (tertiary/aromatic N) is 2. The van der Waals surface area contributed by atoms with Crippen molar-refractivity contribution in [1.82, 2.24) is 15.2 Å². The number of nitrogens with one attached hydrogen (secondary N) is 1. The second kappa shape index (κ2) is 7.97. The summed E-state index contributed by atoms with van der Waals surface area (Å²) >= 11 is 11.6. The normalized spacial score (nSPS) is 19.5. The second-order valence-corrected chi connectivity index (χ2v) is 6.25. The number of likely N-dealkylation sites (tertiary alicyclic amines) is 1. The molecule has 6 heteroatoms. The van der Waals surface area contributed by atoms with Crippen LogP contribution in [0.3, 0.4) is 0 Å². The van der Waals surface area contributed by atoms with Gasteiger partial charge in [-0.15, -0.1) is 0 Å². The molecule has 2 heterocycles. The molecule has 116 valence electrons. The van der Waals surface area contributed by atoms with E-state index in [1.54, 1.807) is 6.07 Å². The van der Waals surface area contributed by atoms with Crippen molar-refractivity contribution in [3.8, 4) is 0 Å². The number of hydrogen-bond acceptors (Lipinski definition) is 3. The first-order valence-corrected chi connectivity index (χ1v) is 8.17. The summed E-state index contributed by atoms with van der Waals surface area (Å²) in [5.74, 6) is -0.159. The second-order valence-electron chi connectivity index (χ2n) is 5.49. The van der Waals surface area contributed by atoms with Crippen LogP contribution in [0.5, 0.6) is 0 Å². The molecule has 1 unspecified atom stereocenters. The zero-order valence-corrected chi connectivity index (χ0v) is 13.8. The molecule has 0 aromatic carbocycles. The number of piperidine rings is 1. The average molecular weight is 330 g/mol. The van der Waals surface area contributed by atoms with E-state index in [-0.39, 0.29) is 11.1 Å². The standard InChI is InChI=1S/C15H21Cl2N3O/c1-11-5-2-3-7-20(11)8-4-6-18-15(21)12-9-13(16)14(17)19-10-12/h9-11H,2-8H2,1H3,(H,18,21). The maximum atomic E-state index is 12.0. The molecule has 1 aromatic rings. The van der Waals surface area contributed by atoms with Crippen LogP contribution >= 0.6 is 23.2 Å². The predicted octanol–water partition coefficient (Wildman–Crippen LogP) is 3.38. The first-order chi connectivity index (χ1) is 10.1. The molecule has 4 nitrogen and oxygen atoms in total. The third-order valence-electron chi connectivity index (χ3n) is 3.91. The number of rotatable bonds is 5. The summed E-state index contributed by atoms with van der Waals surface area (Å²) < 4.78 is 0. The molecule has 0 saturated carbocycles. The Bertz CT molecular complexity index is 496. The summed E-state index contributed by atoms with van der Waals surface area (Å²) in [6.45, 7) is 5.13. The van der Waals surface area contributed by atoms with Crippen molar-refractivity contribution >= 4 is 29.1 Å². The highest BCUT2D eigenvalue weighted by Gasteiger charge is 2.17. The Hall–Kier alpha value is -0.840. The van der Waals surface area contributed by atoms with E-state index in [1.807, 2.05) is 0 Å². The van der Waals surface area contributed by atoms with Crippen molar-refractivity contribution in [3.05, 3.63) is 28.0 Å². The van der Waals surface area contributed by atoms with Gasteiger partial charge in [-0.05, 0) is 38.8 Å². The molecule has 0 radical (unpaired) electrons. The quantitative estimate of drug-likeness (QED) is 0.665. The van der Waals surface area contributed by atoms with Gasteiger partial charge in [-0.1, -0.05) is 29.6 Å². The number of carbonyl (C=O) groups is 1. The van der Waals surface area contributed by atoms with Crippen LogP contribution in [0.2, 0.25) is 10.2 Å². The summed E-state index contributed by atoms with van der Waals surface area (Å²) in [5.41, 5.74) is 0.441. The number of pyridine rings is 1. The van der Waals surface area contributed by atoms with Gasteiger partial charge < -0.3 is 10.2 Å². The highest BCUT2D eigenvalue weighted by Crippen LogP contribution is 2.19. The summed E-state index contributed by atoms with van der Waals surface area (Å²) in [5, 5.41) is 3.41. The maximum Gasteiger partial charge on any atom is 0.252 e. The van der Waals surface area contributed by atoms with Crippen molar-refractivity contribution in [2.24, 2.45) is 0 Å². The van der Waals surface area contributed by atoms with Crippen LogP contribution in [0, 0.1) is 0 Å². The van der Waals surface area contributed by atoms with E-state index < -0.39 is 0 Å². The number of halogens is 2. The molecule has 0 spiro atoms. The van der Waals surface area contributed by atoms with E-state index in [2.05, 4.69) is 22.1 Å². The fraction of sp³-hybridized carbons (Fsp3) is 0.600. The molecule has 1 fully saturated rings. The van der Waals surface area contributed by atoms with E-state index in [9.17, 15) is 4.79 Å². The van der Waals surface area contributed by atoms with Gasteiger partial charge in [-0.3, -0.25) is 4.79 Å². The smallest absolute Gasteiger partial charge is 0.252 e. The number of carbonyl (C=O) groups excluding carboxylic acids is 1. The van der Waals surface area contributed by atoms with Crippen molar-refractivity contribution in [1.29, 1.82) is 0 Å². The largest absolute Gasteiger partial charge is 0.352 e. The van der Waals surface area contributed by atoms with E-state index in [1.165, 1.54) is 32.0 Å². The molecule has 2 rings (SSSR count). The molecule has 0 bridgehead atoms. The van der Waals surface area contributed by atoms with Gasteiger partial charge in [0, 0.05) is 25.3 Å². The Morgan fingerprint density at radius 2 is 2.29 bits per heavy atom. The SMILES string of the molecule is CC1CCCCN1CCCNC(=O)c1cnc(Cl)c(Cl)c1. The Morgan fingerprint density at radius 1 is 1.48 bits per heavy atom. The van der Waals surface area contributed by atoms with Gasteiger partial charge in [-0.25, -0.2) is 4.98 Å². The Morgan fingerprint density at radius 3 is 3.00 bits per heavy atom. The molecule has 1 amide bonds. The first kappa shape index (κ1) is 16.5. The van der Waals surface area contributed by atoms with E-state index in [0.29, 0.717) is 23.2 Å². The number of hydrogen-bond donors (Lipinski definition) is 1. The summed E-state index contributed by atoms with van der Waals surface area (Å²) in [6, 6.07) is 2.20. The van der Waals surface area contributed by atoms with Crippen molar-refractivity contribution < 1.29 is 4.79 Å². The summed E-state index contributed by atoms with van der Waals surface area (Å²) in [7, 11) is 0. The van der Waals surface area contributed by atoms with E-state index in [4.69, 9.17) is 23.2 Å². The van der Waals surface area contributed by atoms with Crippen LogP contribution in [0.1, 0.15) is 43.0 Å². The number of aromatic nitrogens is 1. The lowest BCUT2D eigenvalue weighted by Crippen LogP contribution is -2.39.